The molecular formula is C17H24ClN3O2. The number of carbonyl (C=O) groups excluding carboxylic acids is 1. The average molecular weight is 338 g/mol. The van der Waals surface area contributed by atoms with Crippen LogP contribution in [0, 0.1) is 0 Å². The molecule has 2 rings (SSSR count). The van der Waals surface area contributed by atoms with Gasteiger partial charge in [-0.05, 0) is 36.6 Å². The number of methoxy groups -OCH3 is 1. The topological polar surface area (TPSA) is 76.7 Å². The molecule has 5 nitrogen and oxygen atoms in total. The van der Waals surface area contributed by atoms with Crippen molar-refractivity contribution in [1.29, 1.82) is 0 Å². The highest BCUT2D eigenvalue weighted by molar-refractivity contribution is 6.02. The van der Waals surface area contributed by atoms with Crippen LogP contribution >= 0.6 is 12.4 Å². The molecule has 126 valence electrons. The highest BCUT2D eigenvalue weighted by Crippen LogP contribution is 2.17. The number of ether oxygens (including phenoxy) is 1. The van der Waals surface area contributed by atoms with Gasteiger partial charge in [0.1, 0.15) is 11.6 Å². The highest BCUT2D eigenvalue weighted by Gasteiger charge is 2.14. The minimum absolute atomic E-state index is 0. The number of halogens is 1. The van der Waals surface area contributed by atoms with Crippen LogP contribution in [0.1, 0.15) is 37.7 Å². The molecule has 0 saturated heterocycles. The van der Waals surface area contributed by atoms with E-state index in [9.17, 15) is 4.79 Å². The minimum Gasteiger partial charge on any atom is -0.497 e. The zero-order valence-electron chi connectivity index (χ0n) is 13.3. The van der Waals surface area contributed by atoms with Crippen LogP contribution in [0.5, 0.6) is 5.75 Å². The van der Waals surface area contributed by atoms with Crippen molar-refractivity contribution in [2.75, 3.05) is 7.11 Å². The number of nitrogens with zero attached hydrogens (tertiary/aromatic N) is 1. The fourth-order valence-corrected chi connectivity index (χ4v) is 2.58. The van der Waals surface area contributed by atoms with Crippen LogP contribution < -0.4 is 15.8 Å². The first-order valence-electron chi connectivity index (χ1n) is 7.64. The molecule has 1 aliphatic carbocycles. The molecule has 6 heteroatoms. The summed E-state index contributed by atoms with van der Waals surface area (Å²) in [5, 5.41) is 3.32. The fourth-order valence-electron chi connectivity index (χ4n) is 2.58. The maximum atomic E-state index is 11.1. The summed E-state index contributed by atoms with van der Waals surface area (Å²) >= 11 is 0. The van der Waals surface area contributed by atoms with Gasteiger partial charge in [0.25, 0.3) is 0 Å². The van der Waals surface area contributed by atoms with Crippen molar-refractivity contribution in [2.24, 2.45) is 10.7 Å². The summed E-state index contributed by atoms with van der Waals surface area (Å²) in [7, 11) is 1.64. The number of hydrogen-bond donors (Lipinski definition) is 2. The predicted octanol–water partition coefficient (Wildman–Crippen LogP) is 3.53. The van der Waals surface area contributed by atoms with Crippen LogP contribution in [0.3, 0.4) is 0 Å². The number of primary amides is 1. The second-order valence-electron chi connectivity index (χ2n) is 5.42. The lowest BCUT2D eigenvalue weighted by atomic mass is 9.95. The third kappa shape index (κ3) is 6.74. The van der Waals surface area contributed by atoms with E-state index in [-0.39, 0.29) is 12.4 Å². The Balaban J connectivity index is 0.00000264. The Hall–Kier alpha value is -2.01. The second-order valence-corrected chi connectivity index (χ2v) is 5.42. The number of aliphatic imine (C=N–C) groups is 1. The van der Waals surface area contributed by atoms with E-state index in [1.54, 1.807) is 13.2 Å². The molecule has 1 aromatic rings. The zero-order valence-corrected chi connectivity index (χ0v) is 14.1. The van der Waals surface area contributed by atoms with Gasteiger partial charge in [0.2, 0.25) is 0 Å². The van der Waals surface area contributed by atoms with E-state index in [1.165, 1.54) is 19.3 Å². The minimum atomic E-state index is -0.683. The van der Waals surface area contributed by atoms with Crippen molar-refractivity contribution in [3.05, 3.63) is 35.9 Å². The van der Waals surface area contributed by atoms with Crippen LogP contribution in [0.15, 0.2) is 35.3 Å². The van der Waals surface area contributed by atoms with E-state index in [2.05, 4.69) is 10.3 Å². The molecule has 0 unspecified atom stereocenters. The SMILES string of the molecule is COc1ccc(C=CC(=NC(N)=O)NC2CCCCC2)cc1.Cl. The van der Waals surface area contributed by atoms with E-state index < -0.39 is 6.03 Å². The lowest BCUT2D eigenvalue weighted by Crippen LogP contribution is -2.36. The van der Waals surface area contributed by atoms with Gasteiger partial charge in [0.05, 0.1) is 7.11 Å². The van der Waals surface area contributed by atoms with E-state index in [0.717, 1.165) is 24.2 Å². The number of nitrogens with two attached hydrogens (primary N) is 1. The smallest absolute Gasteiger partial charge is 0.340 e. The normalized spacial score (nSPS) is 16.0. The van der Waals surface area contributed by atoms with Crippen LogP contribution in [-0.2, 0) is 0 Å². The Bertz CT molecular complexity index is 549. The van der Waals surface area contributed by atoms with Gasteiger partial charge in [-0.2, -0.15) is 4.99 Å². The summed E-state index contributed by atoms with van der Waals surface area (Å²) in [6.45, 7) is 0. The first-order valence-corrected chi connectivity index (χ1v) is 7.64. The fraction of sp³-hybridized carbons (Fsp3) is 0.412. The zero-order chi connectivity index (χ0) is 15.8. The molecule has 0 bridgehead atoms. The summed E-state index contributed by atoms with van der Waals surface area (Å²) in [5.74, 6) is 1.33. The van der Waals surface area contributed by atoms with Crippen LogP contribution in [-0.4, -0.2) is 25.0 Å². The van der Waals surface area contributed by atoms with Gasteiger partial charge in [0, 0.05) is 6.04 Å². The Morgan fingerprint density at radius 3 is 2.48 bits per heavy atom. The largest absolute Gasteiger partial charge is 0.497 e. The van der Waals surface area contributed by atoms with Gasteiger partial charge in [-0.1, -0.05) is 37.5 Å². The number of hydrogen-bond acceptors (Lipinski definition) is 2. The van der Waals surface area contributed by atoms with Gasteiger partial charge in [-0.3, -0.25) is 0 Å². The van der Waals surface area contributed by atoms with Crippen LogP contribution in [0.4, 0.5) is 4.79 Å². The molecule has 0 spiro atoms. The molecule has 1 aliphatic rings. The van der Waals surface area contributed by atoms with Gasteiger partial charge >= 0.3 is 6.03 Å². The first kappa shape index (κ1) is 19.0. The Labute approximate surface area is 143 Å². The molecule has 2 amide bonds. The third-order valence-corrected chi connectivity index (χ3v) is 3.74. The number of urea groups is 1. The monoisotopic (exact) mass is 337 g/mol. The first-order chi connectivity index (χ1) is 10.7. The number of amidine groups is 1. The molecule has 0 aromatic heterocycles. The summed E-state index contributed by atoms with van der Waals surface area (Å²) in [6, 6.07) is 7.35. The Kier molecular flexibility index (Phi) is 8.19. The maximum absolute atomic E-state index is 11.1. The van der Waals surface area contributed by atoms with Gasteiger partial charge < -0.3 is 15.8 Å². The number of nitrogens with one attached hydrogen (secondary N) is 1. The number of carbonyl (C=O) groups is 1. The Morgan fingerprint density at radius 2 is 1.91 bits per heavy atom. The van der Waals surface area contributed by atoms with Crippen LogP contribution in [0.25, 0.3) is 6.08 Å². The third-order valence-electron chi connectivity index (χ3n) is 3.74. The highest BCUT2D eigenvalue weighted by atomic mass is 35.5. The van der Waals surface area contributed by atoms with E-state index in [0.29, 0.717) is 11.9 Å². The van der Waals surface area contributed by atoms with Crippen molar-refractivity contribution >= 4 is 30.3 Å². The summed E-state index contributed by atoms with van der Waals surface area (Å²) < 4.78 is 5.13. The standard InChI is InChI=1S/C17H23N3O2.ClH/c1-22-15-10-7-13(8-11-15)9-12-16(20-17(18)21)19-14-5-3-2-4-6-14;/h7-12,14H,2-6H2,1H3,(H3,18,19,20,21);1H. The molecule has 0 radical (unpaired) electrons. The molecule has 23 heavy (non-hydrogen) atoms. The molecule has 0 heterocycles. The molecule has 3 N–H and O–H groups in total. The maximum Gasteiger partial charge on any atom is 0.340 e. The number of amides is 2. The second kappa shape index (κ2) is 9.90. The van der Waals surface area contributed by atoms with Crippen molar-refractivity contribution in [3.8, 4) is 5.75 Å². The van der Waals surface area contributed by atoms with Crippen LogP contribution in [0.2, 0.25) is 0 Å². The molecule has 0 atom stereocenters. The Morgan fingerprint density at radius 1 is 1.26 bits per heavy atom. The van der Waals surface area contributed by atoms with Gasteiger partial charge in [0.15, 0.2) is 0 Å². The molecule has 1 aromatic carbocycles. The van der Waals surface area contributed by atoms with Crippen molar-refractivity contribution in [3.63, 3.8) is 0 Å². The van der Waals surface area contributed by atoms with Crippen molar-refractivity contribution in [2.45, 2.75) is 38.1 Å². The van der Waals surface area contributed by atoms with Gasteiger partial charge in [-0.15, -0.1) is 12.4 Å². The average Bonchev–Trinajstić information content (AvgIpc) is 2.53. The summed E-state index contributed by atoms with van der Waals surface area (Å²) in [5.41, 5.74) is 6.19. The van der Waals surface area contributed by atoms with E-state index in [4.69, 9.17) is 10.5 Å². The predicted molar refractivity (Wildman–Crippen MR) is 96.3 cm³/mol. The lowest BCUT2D eigenvalue weighted by Gasteiger charge is -2.23. The van der Waals surface area contributed by atoms with Gasteiger partial charge in [-0.25, -0.2) is 4.79 Å². The lowest BCUT2D eigenvalue weighted by molar-refractivity contribution is 0.256. The molecule has 1 fully saturated rings. The van der Waals surface area contributed by atoms with Crippen molar-refractivity contribution < 1.29 is 9.53 Å². The summed E-state index contributed by atoms with van der Waals surface area (Å²) in [4.78, 5) is 14.9. The van der Waals surface area contributed by atoms with E-state index in [1.807, 2.05) is 30.3 Å². The summed E-state index contributed by atoms with van der Waals surface area (Å²) in [6.07, 6.45) is 9.61. The molecular weight excluding hydrogens is 314 g/mol. The molecule has 0 aliphatic heterocycles. The number of rotatable bonds is 4. The van der Waals surface area contributed by atoms with E-state index >= 15 is 0 Å². The molecule has 1 saturated carbocycles. The number of benzene rings is 1. The quantitative estimate of drug-likeness (QED) is 0.651. The van der Waals surface area contributed by atoms with Crippen molar-refractivity contribution in [1.82, 2.24) is 5.32 Å².